The van der Waals surface area contributed by atoms with Crippen molar-refractivity contribution in [1.82, 2.24) is 19.0 Å². The van der Waals surface area contributed by atoms with E-state index in [0.29, 0.717) is 31.8 Å². The molecule has 3 rings (SSSR count). The lowest BCUT2D eigenvalue weighted by Crippen LogP contribution is -2.55. The molecule has 0 bridgehead atoms. The van der Waals surface area contributed by atoms with E-state index in [1.807, 2.05) is 39.8 Å². The molecule has 8 heteroatoms. The van der Waals surface area contributed by atoms with Crippen molar-refractivity contribution < 1.29 is 9.53 Å². The summed E-state index contributed by atoms with van der Waals surface area (Å²) in [6, 6.07) is 3.95. The molecular weight excluding hydrogens is 382 g/mol. The van der Waals surface area contributed by atoms with Crippen LogP contribution in [0.4, 0.5) is 10.6 Å². The van der Waals surface area contributed by atoms with E-state index in [0.717, 1.165) is 11.3 Å². The first-order valence-corrected chi connectivity index (χ1v) is 10.6. The van der Waals surface area contributed by atoms with E-state index in [9.17, 15) is 9.59 Å². The third-order valence-electron chi connectivity index (χ3n) is 5.18. The number of imidazole rings is 1. The van der Waals surface area contributed by atoms with Gasteiger partial charge in [0.25, 0.3) is 0 Å². The topological polar surface area (TPSA) is 72.6 Å². The number of carbonyl (C=O) groups is 1. The van der Waals surface area contributed by atoms with Crippen molar-refractivity contribution >= 4 is 23.1 Å². The van der Waals surface area contributed by atoms with E-state index in [4.69, 9.17) is 9.72 Å². The highest BCUT2D eigenvalue weighted by atomic mass is 16.6. The predicted molar refractivity (Wildman–Crippen MR) is 119 cm³/mol. The molecule has 2 aromatic heterocycles. The standard InChI is InChI=1S/C22H35N5O3/c1-15-13-25(11-12-26(15)20(29)30-22(5,6)7)17-10-9-16-18(23-17)24(8)19(28)27(16)14-21(2,3)4/h9-10,15H,11-14H2,1-8H3/t15-/m1/s1. The first-order chi connectivity index (χ1) is 13.8. The van der Waals surface area contributed by atoms with Gasteiger partial charge in [0, 0.05) is 39.3 Å². The Kier molecular flexibility index (Phi) is 5.64. The number of piperazine rings is 1. The predicted octanol–water partition coefficient (Wildman–Crippen LogP) is 3.23. The Balaban J connectivity index is 1.82. The zero-order chi connectivity index (χ0) is 22.4. The fraction of sp³-hybridized carbons (Fsp3) is 0.682. The highest BCUT2D eigenvalue weighted by molar-refractivity contribution is 5.74. The number of hydrogen-bond acceptors (Lipinski definition) is 5. The van der Waals surface area contributed by atoms with Crippen molar-refractivity contribution in [3.05, 3.63) is 22.6 Å². The molecule has 8 nitrogen and oxygen atoms in total. The molecule has 1 aliphatic heterocycles. The number of aryl methyl sites for hydroxylation is 1. The van der Waals surface area contributed by atoms with Crippen molar-refractivity contribution in [3.8, 4) is 0 Å². The second-order valence-electron chi connectivity index (χ2n) is 10.5. The van der Waals surface area contributed by atoms with Gasteiger partial charge in [-0.25, -0.2) is 14.6 Å². The lowest BCUT2D eigenvalue weighted by Gasteiger charge is -2.40. The smallest absolute Gasteiger partial charge is 0.410 e. The molecule has 1 aliphatic rings. The van der Waals surface area contributed by atoms with Crippen LogP contribution in [0.15, 0.2) is 16.9 Å². The normalized spacial score (nSPS) is 18.2. The summed E-state index contributed by atoms with van der Waals surface area (Å²) in [6.07, 6.45) is -0.278. The first kappa shape index (κ1) is 22.2. The molecule has 1 fully saturated rings. The lowest BCUT2D eigenvalue weighted by molar-refractivity contribution is 0.0158. The second-order valence-corrected chi connectivity index (χ2v) is 10.5. The largest absolute Gasteiger partial charge is 0.444 e. The van der Waals surface area contributed by atoms with Gasteiger partial charge < -0.3 is 14.5 Å². The van der Waals surface area contributed by atoms with Gasteiger partial charge >= 0.3 is 11.8 Å². The number of nitrogens with zero attached hydrogens (tertiary/aromatic N) is 5. The summed E-state index contributed by atoms with van der Waals surface area (Å²) >= 11 is 0. The number of anilines is 1. The molecule has 1 amide bonds. The maximum absolute atomic E-state index is 12.8. The molecule has 1 saturated heterocycles. The van der Waals surface area contributed by atoms with Crippen molar-refractivity contribution in [1.29, 1.82) is 0 Å². The minimum atomic E-state index is -0.508. The zero-order valence-electron chi connectivity index (χ0n) is 19.5. The summed E-state index contributed by atoms with van der Waals surface area (Å²) in [5, 5.41) is 0. The quantitative estimate of drug-likeness (QED) is 0.750. The van der Waals surface area contributed by atoms with Crippen LogP contribution in [-0.2, 0) is 18.3 Å². The van der Waals surface area contributed by atoms with E-state index in [2.05, 4.69) is 25.7 Å². The molecule has 2 aromatic rings. The molecule has 0 radical (unpaired) electrons. The van der Waals surface area contributed by atoms with E-state index >= 15 is 0 Å². The fourth-order valence-corrected chi connectivity index (χ4v) is 3.82. The van der Waals surface area contributed by atoms with Crippen LogP contribution in [0.25, 0.3) is 11.2 Å². The third-order valence-corrected chi connectivity index (χ3v) is 5.18. The SMILES string of the molecule is C[C@@H]1CN(c2ccc3c(n2)n(C)c(=O)n3CC(C)(C)C)CCN1C(=O)OC(C)(C)C. The fourth-order valence-electron chi connectivity index (χ4n) is 3.82. The molecule has 0 spiro atoms. The molecule has 0 aliphatic carbocycles. The number of hydrogen-bond donors (Lipinski definition) is 0. The summed E-state index contributed by atoms with van der Waals surface area (Å²) in [5.41, 5.74) is 0.966. The molecule has 166 valence electrons. The Labute approximate surface area is 178 Å². The number of aromatic nitrogens is 3. The van der Waals surface area contributed by atoms with Crippen molar-refractivity contribution in [2.75, 3.05) is 24.5 Å². The lowest BCUT2D eigenvalue weighted by atomic mass is 9.97. The molecular formula is C22H35N5O3. The van der Waals surface area contributed by atoms with Crippen molar-refractivity contribution in [2.45, 2.75) is 66.7 Å². The molecule has 3 heterocycles. The highest BCUT2D eigenvalue weighted by Crippen LogP contribution is 2.24. The minimum Gasteiger partial charge on any atom is -0.444 e. The third kappa shape index (κ3) is 4.63. The molecule has 1 atom stereocenters. The Hall–Kier alpha value is -2.51. The second kappa shape index (κ2) is 7.63. The summed E-state index contributed by atoms with van der Waals surface area (Å²) in [4.78, 5) is 34.0. The average Bonchev–Trinajstić information content (AvgIpc) is 2.83. The Morgan fingerprint density at radius 3 is 2.40 bits per heavy atom. The van der Waals surface area contributed by atoms with Crippen molar-refractivity contribution in [3.63, 3.8) is 0 Å². The Bertz CT molecular complexity index is 993. The summed E-state index contributed by atoms with van der Waals surface area (Å²) in [7, 11) is 1.77. The minimum absolute atomic E-state index is 0.000375. The van der Waals surface area contributed by atoms with Gasteiger partial charge in [-0.1, -0.05) is 20.8 Å². The van der Waals surface area contributed by atoms with Gasteiger partial charge in [-0.05, 0) is 45.2 Å². The van der Waals surface area contributed by atoms with Gasteiger partial charge in [0.2, 0.25) is 0 Å². The van der Waals surface area contributed by atoms with Crippen LogP contribution < -0.4 is 10.6 Å². The molecule has 30 heavy (non-hydrogen) atoms. The van der Waals surface area contributed by atoms with Crippen LogP contribution in [0.1, 0.15) is 48.5 Å². The van der Waals surface area contributed by atoms with Gasteiger partial charge in [0.1, 0.15) is 11.4 Å². The van der Waals surface area contributed by atoms with Gasteiger partial charge in [-0.3, -0.25) is 9.13 Å². The molecule has 0 unspecified atom stereocenters. The van der Waals surface area contributed by atoms with E-state index in [1.54, 1.807) is 21.1 Å². The van der Waals surface area contributed by atoms with Gasteiger partial charge in [0.15, 0.2) is 5.65 Å². The highest BCUT2D eigenvalue weighted by Gasteiger charge is 2.31. The monoisotopic (exact) mass is 417 g/mol. The van der Waals surface area contributed by atoms with Gasteiger partial charge in [-0.2, -0.15) is 0 Å². The maximum atomic E-state index is 12.8. The molecule has 0 saturated carbocycles. The van der Waals surface area contributed by atoms with Gasteiger partial charge in [0.05, 0.1) is 5.52 Å². The van der Waals surface area contributed by atoms with Crippen LogP contribution in [0, 0.1) is 5.41 Å². The Morgan fingerprint density at radius 1 is 1.17 bits per heavy atom. The van der Waals surface area contributed by atoms with Crippen molar-refractivity contribution in [2.24, 2.45) is 12.5 Å². The average molecular weight is 418 g/mol. The molecule has 0 aromatic carbocycles. The first-order valence-electron chi connectivity index (χ1n) is 10.6. The van der Waals surface area contributed by atoms with E-state index in [1.165, 1.54) is 0 Å². The Morgan fingerprint density at radius 2 is 1.83 bits per heavy atom. The number of pyridine rings is 1. The van der Waals surface area contributed by atoms with E-state index < -0.39 is 5.60 Å². The number of rotatable bonds is 2. The van der Waals surface area contributed by atoms with Crippen LogP contribution >= 0.6 is 0 Å². The zero-order valence-corrected chi connectivity index (χ0v) is 19.5. The number of ether oxygens (including phenoxy) is 1. The maximum Gasteiger partial charge on any atom is 0.410 e. The van der Waals surface area contributed by atoms with Crippen LogP contribution in [-0.4, -0.2) is 56.4 Å². The number of fused-ring (bicyclic) bond motifs is 1. The van der Waals surface area contributed by atoms with E-state index in [-0.39, 0.29) is 23.2 Å². The van der Waals surface area contributed by atoms with Crippen LogP contribution in [0.3, 0.4) is 0 Å². The van der Waals surface area contributed by atoms with Crippen LogP contribution in [0.5, 0.6) is 0 Å². The van der Waals surface area contributed by atoms with Crippen LogP contribution in [0.2, 0.25) is 0 Å². The summed E-state index contributed by atoms with van der Waals surface area (Å²) in [6.45, 7) is 16.5. The number of amides is 1. The van der Waals surface area contributed by atoms with Gasteiger partial charge in [-0.15, -0.1) is 0 Å². The summed E-state index contributed by atoms with van der Waals surface area (Å²) < 4.78 is 8.95. The molecule has 0 N–H and O–H groups in total. The summed E-state index contributed by atoms with van der Waals surface area (Å²) in [5.74, 6) is 0.821. The number of carbonyl (C=O) groups excluding carboxylic acids is 1.